The quantitative estimate of drug-likeness (QED) is 0.583. The van der Waals surface area contributed by atoms with Crippen LogP contribution in [0.15, 0.2) is 0 Å². The molecule has 0 saturated heterocycles. The van der Waals surface area contributed by atoms with Gasteiger partial charge >= 0.3 is 0 Å². The molecular formula is C7H14N2O. The molecule has 0 aromatic rings. The van der Waals surface area contributed by atoms with Crippen LogP contribution in [0.25, 0.3) is 0 Å². The average Bonchev–Trinajstić information content (AvgIpc) is 1.77. The zero-order chi connectivity index (χ0) is 7.56. The second kappa shape index (κ2) is 3.01. The minimum absolute atomic E-state index is 0.162. The molecule has 0 spiro atoms. The fourth-order valence-electron chi connectivity index (χ4n) is 1.01. The molecule has 1 aliphatic carbocycles. The van der Waals surface area contributed by atoms with E-state index >= 15 is 0 Å². The summed E-state index contributed by atoms with van der Waals surface area (Å²) in [5.74, 6) is -0.257. The van der Waals surface area contributed by atoms with Gasteiger partial charge < -0.3 is 11.1 Å². The van der Waals surface area contributed by atoms with Crippen LogP contribution >= 0.6 is 0 Å². The Morgan fingerprint density at radius 1 is 1.70 bits per heavy atom. The van der Waals surface area contributed by atoms with E-state index < -0.39 is 0 Å². The summed E-state index contributed by atoms with van der Waals surface area (Å²) in [5, 5.41) is 3.14. The first-order valence-electron chi connectivity index (χ1n) is 3.75. The molecule has 0 aliphatic heterocycles. The largest absolute Gasteiger partial charge is 0.368 e. The van der Waals surface area contributed by atoms with Gasteiger partial charge in [-0.3, -0.25) is 4.79 Å². The predicted molar refractivity (Wildman–Crippen MR) is 39.4 cm³/mol. The zero-order valence-electron chi connectivity index (χ0n) is 6.26. The molecule has 0 radical (unpaired) electrons. The summed E-state index contributed by atoms with van der Waals surface area (Å²) in [6.07, 6.45) is 3.67. The number of hydrogen-bond acceptors (Lipinski definition) is 2. The van der Waals surface area contributed by atoms with E-state index in [0.717, 1.165) is 0 Å². The molecule has 1 saturated carbocycles. The third-order valence-corrected chi connectivity index (χ3v) is 2.02. The molecule has 3 nitrogen and oxygen atoms in total. The van der Waals surface area contributed by atoms with Crippen molar-refractivity contribution in [1.82, 2.24) is 5.32 Å². The highest BCUT2D eigenvalue weighted by Crippen LogP contribution is 2.18. The maximum Gasteiger partial charge on any atom is 0.234 e. The first-order chi connectivity index (χ1) is 4.70. The Morgan fingerprint density at radius 3 is 2.60 bits per heavy atom. The van der Waals surface area contributed by atoms with Crippen LogP contribution in [0.3, 0.4) is 0 Å². The minimum Gasteiger partial charge on any atom is -0.368 e. The van der Waals surface area contributed by atoms with Gasteiger partial charge in [-0.2, -0.15) is 0 Å². The van der Waals surface area contributed by atoms with E-state index in [1.807, 2.05) is 0 Å². The van der Waals surface area contributed by atoms with E-state index in [1.165, 1.54) is 19.3 Å². The summed E-state index contributed by atoms with van der Waals surface area (Å²) in [5.41, 5.74) is 5.06. The lowest BCUT2D eigenvalue weighted by molar-refractivity contribution is -0.119. The van der Waals surface area contributed by atoms with Crippen LogP contribution in [-0.4, -0.2) is 18.0 Å². The summed E-state index contributed by atoms with van der Waals surface area (Å²) in [6.45, 7) is 1.81. The molecule has 1 amide bonds. The highest BCUT2D eigenvalue weighted by atomic mass is 16.1. The van der Waals surface area contributed by atoms with Gasteiger partial charge in [0.15, 0.2) is 0 Å². The molecule has 1 aliphatic rings. The molecule has 10 heavy (non-hydrogen) atoms. The van der Waals surface area contributed by atoms with Crippen molar-refractivity contribution in [2.45, 2.75) is 38.3 Å². The molecule has 1 fully saturated rings. The number of primary amides is 1. The third kappa shape index (κ3) is 1.70. The number of hydrogen-bond donors (Lipinski definition) is 2. The SMILES string of the molecule is C[C@H](NC1CCC1)C(N)=O. The lowest BCUT2D eigenvalue weighted by Gasteiger charge is -2.28. The van der Waals surface area contributed by atoms with Gasteiger partial charge in [-0.15, -0.1) is 0 Å². The van der Waals surface area contributed by atoms with Crippen LogP contribution in [0, 0.1) is 0 Å². The highest BCUT2D eigenvalue weighted by Gasteiger charge is 2.20. The molecule has 0 unspecified atom stereocenters. The van der Waals surface area contributed by atoms with Crippen molar-refractivity contribution in [3.8, 4) is 0 Å². The second-order valence-electron chi connectivity index (χ2n) is 2.92. The number of rotatable bonds is 3. The molecule has 0 aromatic heterocycles. The fourth-order valence-corrected chi connectivity index (χ4v) is 1.01. The van der Waals surface area contributed by atoms with Gasteiger partial charge in [0.1, 0.15) is 0 Å². The lowest BCUT2D eigenvalue weighted by Crippen LogP contribution is -2.47. The monoisotopic (exact) mass is 142 g/mol. The number of amides is 1. The van der Waals surface area contributed by atoms with Crippen LogP contribution in [0.2, 0.25) is 0 Å². The Morgan fingerprint density at radius 2 is 2.30 bits per heavy atom. The average molecular weight is 142 g/mol. The van der Waals surface area contributed by atoms with Crippen molar-refractivity contribution in [2.24, 2.45) is 5.73 Å². The van der Waals surface area contributed by atoms with E-state index in [4.69, 9.17) is 5.73 Å². The smallest absolute Gasteiger partial charge is 0.234 e. The molecule has 3 N–H and O–H groups in total. The number of nitrogens with one attached hydrogen (secondary N) is 1. The fraction of sp³-hybridized carbons (Fsp3) is 0.857. The van der Waals surface area contributed by atoms with Crippen LogP contribution in [0.5, 0.6) is 0 Å². The van der Waals surface area contributed by atoms with Crippen molar-refractivity contribution >= 4 is 5.91 Å². The van der Waals surface area contributed by atoms with Gasteiger partial charge in [-0.05, 0) is 19.8 Å². The summed E-state index contributed by atoms with van der Waals surface area (Å²) in [7, 11) is 0. The first-order valence-corrected chi connectivity index (χ1v) is 3.75. The van der Waals surface area contributed by atoms with E-state index in [0.29, 0.717) is 6.04 Å². The van der Waals surface area contributed by atoms with Gasteiger partial charge in [-0.25, -0.2) is 0 Å². The van der Waals surface area contributed by atoms with Gasteiger partial charge in [0.05, 0.1) is 6.04 Å². The molecule has 0 heterocycles. The van der Waals surface area contributed by atoms with E-state index in [-0.39, 0.29) is 11.9 Å². The summed E-state index contributed by atoms with van der Waals surface area (Å²) < 4.78 is 0. The van der Waals surface area contributed by atoms with E-state index in [1.54, 1.807) is 6.92 Å². The standard InChI is InChI=1S/C7H14N2O/c1-5(7(8)10)9-6-3-2-4-6/h5-6,9H,2-4H2,1H3,(H2,8,10)/t5-/m0/s1. The van der Waals surface area contributed by atoms with Crippen LogP contribution in [0.1, 0.15) is 26.2 Å². The van der Waals surface area contributed by atoms with Gasteiger partial charge in [-0.1, -0.05) is 6.42 Å². The van der Waals surface area contributed by atoms with Crippen molar-refractivity contribution < 1.29 is 4.79 Å². The normalized spacial score (nSPS) is 21.7. The first kappa shape index (κ1) is 7.54. The van der Waals surface area contributed by atoms with Crippen LogP contribution in [0.4, 0.5) is 0 Å². The Kier molecular flexibility index (Phi) is 2.27. The highest BCUT2D eigenvalue weighted by molar-refractivity contribution is 5.79. The number of carbonyl (C=O) groups excluding carboxylic acids is 1. The van der Waals surface area contributed by atoms with E-state index in [2.05, 4.69) is 5.32 Å². The molecule has 0 bridgehead atoms. The maximum absolute atomic E-state index is 10.5. The number of carbonyl (C=O) groups is 1. The van der Waals surface area contributed by atoms with Crippen molar-refractivity contribution in [2.75, 3.05) is 0 Å². The summed E-state index contributed by atoms with van der Waals surface area (Å²) in [6, 6.07) is 0.382. The van der Waals surface area contributed by atoms with Gasteiger partial charge in [0.25, 0.3) is 0 Å². The Bertz CT molecular complexity index is 132. The van der Waals surface area contributed by atoms with Crippen molar-refractivity contribution in [3.63, 3.8) is 0 Å². The molecule has 58 valence electrons. The summed E-state index contributed by atoms with van der Waals surface area (Å²) >= 11 is 0. The zero-order valence-corrected chi connectivity index (χ0v) is 6.26. The predicted octanol–water partition coefficient (Wildman–Crippen LogP) is 0.00230. The molecule has 0 aromatic carbocycles. The minimum atomic E-state index is -0.257. The molecule has 3 heteroatoms. The topological polar surface area (TPSA) is 55.1 Å². The molecule has 1 rings (SSSR count). The third-order valence-electron chi connectivity index (χ3n) is 2.02. The maximum atomic E-state index is 10.5. The second-order valence-corrected chi connectivity index (χ2v) is 2.92. The van der Waals surface area contributed by atoms with Crippen LogP contribution in [-0.2, 0) is 4.79 Å². The lowest BCUT2D eigenvalue weighted by atomic mass is 9.92. The Balaban J connectivity index is 2.16. The van der Waals surface area contributed by atoms with Gasteiger partial charge in [0.2, 0.25) is 5.91 Å². The molecular weight excluding hydrogens is 128 g/mol. The number of nitrogens with two attached hydrogens (primary N) is 1. The van der Waals surface area contributed by atoms with Crippen molar-refractivity contribution in [3.05, 3.63) is 0 Å². The summed E-state index contributed by atoms with van der Waals surface area (Å²) in [4.78, 5) is 10.5. The van der Waals surface area contributed by atoms with Crippen LogP contribution < -0.4 is 11.1 Å². The van der Waals surface area contributed by atoms with E-state index in [9.17, 15) is 4.79 Å². The Labute approximate surface area is 61.0 Å². The van der Waals surface area contributed by atoms with Crippen molar-refractivity contribution in [1.29, 1.82) is 0 Å². The Hall–Kier alpha value is -0.570. The molecule has 1 atom stereocenters. The van der Waals surface area contributed by atoms with Gasteiger partial charge in [0, 0.05) is 6.04 Å².